The van der Waals surface area contributed by atoms with Gasteiger partial charge in [0, 0.05) is 6.07 Å². The average Bonchev–Trinajstić information content (AvgIpc) is 3.06. The van der Waals surface area contributed by atoms with Crippen LogP contribution < -0.4 is 19.1 Å². The number of hydrogen-bond acceptors (Lipinski definition) is 6. The molecule has 2 heterocycles. The number of halogens is 1. The highest BCUT2D eigenvalue weighted by Gasteiger charge is 2.43. The van der Waals surface area contributed by atoms with Gasteiger partial charge in [-0.05, 0) is 35.2 Å². The largest absolute Gasteiger partial charge is 0.619 e. The number of carbonyl (C=O) groups is 2. The second-order valence-corrected chi connectivity index (χ2v) is 11.0. The van der Waals surface area contributed by atoms with Gasteiger partial charge in [0.25, 0.3) is 21.8 Å². The summed E-state index contributed by atoms with van der Waals surface area (Å²) in [7, 11) is -2.78. The summed E-state index contributed by atoms with van der Waals surface area (Å²) in [5.74, 6) is -1.56. The van der Waals surface area contributed by atoms with Crippen LogP contribution in [0.3, 0.4) is 0 Å². The maximum atomic E-state index is 13.4. The van der Waals surface area contributed by atoms with Crippen molar-refractivity contribution in [1.82, 2.24) is 0 Å². The van der Waals surface area contributed by atoms with Crippen LogP contribution >= 0.6 is 11.6 Å². The molecule has 0 aliphatic carbocycles. The van der Waals surface area contributed by atoms with Gasteiger partial charge in [0.1, 0.15) is 0 Å². The Bertz CT molecular complexity index is 1460. The number of hydrogen-bond donors (Lipinski definition) is 1. The van der Waals surface area contributed by atoms with E-state index in [4.69, 9.17) is 16.3 Å². The van der Waals surface area contributed by atoms with Crippen LogP contribution in [0.5, 0.6) is 5.75 Å². The number of carbonyl (C=O) groups excluding carboxylic acids is 2. The van der Waals surface area contributed by atoms with E-state index < -0.39 is 21.8 Å². The molecule has 0 spiro atoms. The highest BCUT2D eigenvalue weighted by Crippen LogP contribution is 2.40. The summed E-state index contributed by atoms with van der Waals surface area (Å²) in [6.07, 6.45) is 2.16. The van der Waals surface area contributed by atoms with Crippen LogP contribution in [0.15, 0.2) is 59.8 Å². The van der Waals surface area contributed by atoms with Crippen molar-refractivity contribution in [3.05, 3.63) is 81.8 Å². The predicted molar refractivity (Wildman–Crippen MR) is 130 cm³/mol. The van der Waals surface area contributed by atoms with Crippen LogP contribution in [0.4, 0.5) is 11.4 Å². The van der Waals surface area contributed by atoms with Crippen LogP contribution in [0, 0.1) is 5.21 Å². The maximum Gasteiger partial charge on any atom is 0.268 e. The van der Waals surface area contributed by atoms with Gasteiger partial charge in [-0.15, -0.1) is 0 Å². The summed E-state index contributed by atoms with van der Waals surface area (Å²) in [4.78, 5) is 27.3. The monoisotopic (exact) mass is 515 g/mol. The minimum absolute atomic E-state index is 0.0139. The van der Waals surface area contributed by atoms with Crippen LogP contribution in [0.25, 0.3) is 0 Å². The molecule has 1 N–H and O–H groups in total. The molecule has 0 fully saturated rings. The van der Waals surface area contributed by atoms with Crippen LogP contribution in [-0.4, -0.2) is 27.3 Å². The first-order valence-electron chi connectivity index (χ1n) is 10.5. The fourth-order valence-corrected chi connectivity index (χ4v) is 5.07. The summed E-state index contributed by atoms with van der Waals surface area (Å²) in [5.41, 5.74) is 0.176. The van der Waals surface area contributed by atoms with Gasteiger partial charge < -0.3 is 9.94 Å². The first kappa shape index (κ1) is 24.5. The van der Waals surface area contributed by atoms with Gasteiger partial charge in [-0.1, -0.05) is 44.5 Å². The number of imide groups is 1. The van der Waals surface area contributed by atoms with Crippen molar-refractivity contribution in [3.63, 3.8) is 0 Å². The van der Waals surface area contributed by atoms with E-state index in [1.54, 1.807) is 12.1 Å². The van der Waals surface area contributed by atoms with Gasteiger partial charge in [-0.25, -0.2) is 13.3 Å². The number of amides is 2. The highest BCUT2D eigenvalue weighted by molar-refractivity contribution is 7.92. The molecule has 35 heavy (non-hydrogen) atoms. The lowest BCUT2D eigenvalue weighted by Crippen LogP contribution is -2.34. The van der Waals surface area contributed by atoms with Crippen LogP contribution in [0.1, 0.15) is 47.1 Å². The third-order valence-corrected chi connectivity index (χ3v) is 7.30. The predicted octanol–water partition coefficient (Wildman–Crippen LogP) is 3.88. The average molecular weight is 516 g/mol. The zero-order valence-electron chi connectivity index (χ0n) is 19.3. The molecule has 0 bridgehead atoms. The number of aromatic nitrogens is 1. The zero-order valence-corrected chi connectivity index (χ0v) is 20.9. The summed E-state index contributed by atoms with van der Waals surface area (Å²) in [5, 5.41) is 11.8. The fraction of sp³-hybridized carbons (Fsp3) is 0.208. The van der Waals surface area contributed by atoms with E-state index in [2.05, 4.69) is 4.72 Å². The van der Waals surface area contributed by atoms with Gasteiger partial charge in [-0.3, -0.25) is 14.3 Å². The fourth-order valence-electron chi connectivity index (χ4n) is 3.76. The van der Waals surface area contributed by atoms with Crippen molar-refractivity contribution in [1.29, 1.82) is 0 Å². The second-order valence-electron chi connectivity index (χ2n) is 8.93. The molecule has 11 heteroatoms. The van der Waals surface area contributed by atoms with Gasteiger partial charge in [0.2, 0.25) is 6.20 Å². The summed E-state index contributed by atoms with van der Waals surface area (Å²) < 4.78 is 34.2. The minimum atomic E-state index is -4.11. The molecule has 0 unspecified atom stereocenters. The molecule has 0 saturated carbocycles. The number of sulfonamides is 1. The first-order valence-corrected chi connectivity index (χ1v) is 12.3. The number of ether oxygens (including phenoxy) is 1. The highest BCUT2D eigenvalue weighted by atomic mass is 35.5. The molecule has 0 atom stereocenters. The van der Waals surface area contributed by atoms with E-state index in [-0.39, 0.29) is 43.6 Å². The third-order valence-electron chi connectivity index (χ3n) is 5.60. The lowest BCUT2D eigenvalue weighted by Gasteiger charge is -2.19. The summed E-state index contributed by atoms with van der Waals surface area (Å²) >= 11 is 6.23. The maximum absolute atomic E-state index is 13.4. The molecule has 3 aromatic rings. The van der Waals surface area contributed by atoms with Gasteiger partial charge in [0.05, 0.1) is 33.8 Å². The molecule has 9 nitrogen and oxygen atoms in total. The Balaban J connectivity index is 1.77. The summed E-state index contributed by atoms with van der Waals surface area (Å²) in [6, 6.07) is 10.3. The van der Waals surface area contributed by atoms with Crippen molar-refractivity contribution in [2.75, 3.05) is 16.7 Å². The molecule has 0 radical (unpaired) electrons. The molecule has 2 aromatic carbocycles. The lowest BCUT2D eigenvalue weighted by molar-refractivity contribution is -0.604. The van der Waals surface area contributed by atoms with E-state index >= 15 is 0 Å². The Kier molecular flexibility index (Phi) is 5.98. The van der Waals surface area contributed by atoms with E-state index in [9.17, 15) is 23.2 Å². The Morgan fingerprint density at radius 3 is 2.23 bits per heavy atom. The van der Waals surface area contributed by atoms with Crippen molar-refractivity contribution in [2.45, 2.75) is 31.1 Å². The molecule has 1 aliphatic rings. The SMILES string of the molecule is COc1cc[n+]([O-])cc1N1C(=O)c2c(Cl)ccc(NS(=O)(=O)c3ccc(C(C)(C)C)cc3)c2C1=O. The Labute approximate surface area is 207 Å². The number of fused-ring (bicyclic) bond motifs is 1. The molecular formula is C24H22ClN3O6S. The number of nitrogens with zero attached hydrogens (tertiary/aromatic N) is 2. The third kappa shape index (κ3) is 4.30. The van der Waals surface area contributed by atoms with E-state index in [0.29, 0.717) is 4.73 Å². The molecule has 1 aliphatic heterocycles. The number of methoxy groups -OCH3 is 1. The van der Waals surface area contributed by atoms with E-state index in [0.717, 1.165) is 22.9 Å². The number of anilines is 2. The Morgan fingerprint density at radius 2 is 1.63 bits per heavy atom. The molecule has 182 valence electrons. The number of rotatable bonds is 5. The summed E-state index contributed by atoms with van der Waals surface area (Å²) in [6.45, 7) is 6.03. The van der Waals surface area contributed by atoms with Crippen molar-refractivity contribution in [3.8, 4) is 5.75 Å². The molecular weight excluding hydrogens is 494 g/mol. The topological polar surface area (TPSA) is 120 Å². The van der Waals surface area contributed by atoms with Gasteiger partial charge in [0.15, 0.2) is 17.6 Å². The van der Waals surface area contributed by atoms with Crippen molar-refractivity contribution in [2.24, 2.45) is 0 Å². The molecule has 4 rings (SSSR count). The van der Waals surface area contributed by atoms with E-state index in [1.807, 2.05) is 20.8 Å². The van der Waals surface area contributed by atoms with Crippen LogP contribution in [0.2, 0.25) is 5.02 Å². The molecule has 1 aromatic heterocycles. The smallest absolute Gasteiger partial charge is 0.268 e. The van der Waals surface area contributed by atoms with Gasteiger partial charge >= 0.3 is 0 Å². The standard InChI is InChI=1S/C24H22ClN3O6S/c1-24(2,3)14-5-7-15(8-6-14)35(32,33)26-17-10-9-16(25)20-21(17)23(30)28(22(20)29)18-13-27(31)12-11-19(18)34-4/h5-13,26H,1-4H3. The normalized spacial score (nSPS) is 13.7. The number of benzene rings is 2. The molecule has 0 saturated heterocycles. The quantitative estimate of drug-likeness (QED) is 0.313. The Morgan fingerprint density at radius 1 is 1.00 bits per heavy atom. The minimum Gasteiger partial charge on any atom is -0.619 e. The van der Waals surface area contributed by atoms with Gasteiger partial charge in [-0.2, -0.15) is 4.73 Å². The Hall–Kier alpha value is -3.63. The van der Waals surface area contributed by atoms with Crippen molar-refractivity contribution < 1.29 is 27.5 Å². The lowest BCUT2D eigenvalue weighted by atomic mass is 9.87. The van der Waals surface area contributed by atoms with E-state index in [1.165, 1.54) is 37.4 Å². The zero-order chi connectivity index (χ0) is 25.7. The van der Waals surface area contributed by atoms with Crippen molar-refractivity contribution >= 4 is 44.8 Å². The first-order chi connectivity index (χ1) is 16.3. The molecule has 2 amide bonds. The number of nitrogens with one attached hydrogen (secondary N) is 1. The second kappa shape index (κ2) is 8.54. The number of pyridine rings is 1. The van der Waals surface area contributed by atoms with Crippen LogP contribution in [-0.2, 0) is 15.4 Å².